The molecule has 0 atom stereocenters. The van der Waals surface area contributed by atoms with Gasteiger partial charge < -0.3 is 11.5 Å². The molecule has 64 valence electrons. The molecule has 0 aromatic carbocycles. The van der Waals surface area contributed by atoms with Crippen LogP contribution in [-0.4, -0.2) is 4.98 Å². The predicted octanol–water partition coefficient (Wildman–Crippen LogP) is 1.000. The zero-order chi connectivity index (χ0) is 8.55. The highest BCUT2D eigenvalue weighted by atomic mass is 14.9. The van der Waals surface area contributed by atoms with Crippen LogP contribution in [0.2, 0.25) is 0 Å². The number of anilines is 1. The van der Waals surface area contributed by atoms with Crippen LogP contribution in [0.5, 0.6) is 0 Å². The van der Waals surface area contributed by atoms with Gasteiger partial charge in [-0.05, 0) is 24.5 Å². The summed E-state index contributed by atoms with van der Waals surface area (Å²) in [6.07, 6.45) is 2.48. The largest absolute Gasteiger partial charge is 0.384 e. The van der Waals surface area contributed by atoms with Crippen LogP contribution in [0.15, 0.2) is 12.1 Å². The van der Waals surface area contributed by atoms with Gasteiger partial charge in [0.25, 0.3) is 0 Å². The Hall–Kier alpha value is -1.09. The summed E-state index contributed by atoms with van der Waals surface area (Å²) < 4.78 is 0. The van der Waals surface area contributed by atoms with Crippen molar-refractivity contribution >= 4 is 5.82 Å². The molecule has 1 aromatic rings. The van der Waals surface area contributed by atoms with Crippen molar-refractivity contribution in [2.24, 2.45) is 5.73 Å². The van der Waals surface area contributed by atoms with E-state index in [0.29, 0.717) is 18.3 Å². The Labute approximate surface area is 71.8 Å². The maximum atomic E-state index is 5.60. The van der Waals surface area contributed by atoms with Crippen molar-refractivity contribution in [3.63, 3.8) is 0 Å². The summed E-state index contributed by atoms with van der Waals surface area (Å²) in [5.74, 6) is 1.24. The fourth-order valence-corrected chi connectivity index (χ4v) is 1.40. The monoisotopic (exact) mass is 163 g/mol. The van der Waals surface area contributed by atoms with E-state index in [0.717, 1.165) is 11.3 Å². The zero-order valence-corrected chi connectivity index (χ0v) is 6.96. The van der Waals surface area contributed by atoms with E-state index in [2.05, 4.69) is 4.98 Å². The molecular formula is C9H13N3. The fourth-order valence-electron chi connectivity index (χ4n) is 1.40. The third-order valence-electron chi connectivity index (χ3n) is 2.22. The Morgan fingerprint density at radius 1 is 1.42 bits per heavy atom. The number of pyridine rings is 1. The van der Waals surface area contributed by atoms with E-state index in [4.69, 9.17) is 11.5 Å². The first-order valence-electron chi connectivity index (χ1n) is 4.26. The van der Waals surface area contributed by atoms with Crippen molar-refractivity contribution in [2.75, 3.05) is 5.73 Å². The van der Waals surface area contributed by atoms with E-state index in [1.807, 2.05) is 12.1 Å². The number of hydrogen-bond donors (Lipinski definition) is 2. The van der Waals surface area contributed by atoms with Crippen molar-refractivity contribution in [1.82, 2.24) is 4.98 Å². The van der Waals surface area contributed by atoms with Crippen molar-refractivity contribution in [3.05, 3.63) is 23.4 Å². The summed E-state index contributed by atoms with van der Waals surface area (Å²) in [6.45, 7) is 0.569. The number of rotatable bonds is 2. The molecule has 1 aromatic heterocycles. The van der Waals surface area contributed by atoms with Gasteiger partial charge >= 0.3 is 0 Å². The van der Waals surface area contributed by atoms with E-state index in [1.165, 1.54) is 12.8 Å². The molecule has 3 nitrogen and oxygen atoms in total. The molecule has 0 unspecified atom stereocenters. The lowest BCUT2D eigenvalue weighted by Gasteiger charge is -2.05. The lowest BCUT2D eigenvalue weighted by atomic mass is 10.1. The van der Waals surface area contributed by atoms with Gasteiger partial charge in [-0.1, -0.05) is 6.07 Å². The first-order chi connectivity index (χ1) is 5.81. The van der Waals surface area contributed by atoms with Crippen molar-refractivity contribution < 1.29 is 0 Å². The van der Waals surface area contributed by atoms with Crippen LogP contribution in [0, 0.1) is 0 Å². The second kappa shape index (κ2) is 2.75. The molecule has 0 spiro atoms. The van der Waals surface area contributed by atoms with E-state index < -0.39 is 0 Å². The SMILES string of the molecule is NCc1ccc(N)nc1C1CC1. The quantitative estimate of drug-likeness (QED) is 0.683. The van der Waals surface area contributed by atoms with Crippen LogP contribution in [-0.2, 0) is 6.54 Å². The smallest absolute Gasteiger partial charge is 0.123 e. The third kappa shape index (κ3) is 1.28. The lowest BCUT2D eigenvalue weighted by Crippen LogP contribution is -2.04. The van der Waals surface area contributed by atoms with E-state index in [1.54, 1.807) is 0 Å². The summed E-state index contributed by atoms with van der Waals surface area (Å²) in [4.78, 5) is 4.30. The lowest BCUT2D eigenvalue weighted by molar-refractivity contribution is 0.940. The average Bonchev–Trinajstić information content (AvgIpc) is 2.87. The summed E-state index contributed by atoms with van der Waals surface area (Å²) in [5.41, 5.74) is 13.4. The van der Waals surface area contributed by atoms with Crippen LogP contribution < -0.4 is 11.5 Å². The Balaban J connectivity index is 2.39. The Bertz CT molecular complexity index is 292. The second-order valence-electron chi connectivity index (χ2n) is 3.26. The minimum absolute atomic E-state index is 0.569. The minimum Gasteiger partial charge on any atom is -0.384 e. The highest BCUT2D eigenvalue weighted by Gasteiger charge is 2.27. The minimum atomic E-state index is 0.569. The molecule has 1 fully saturated rings. The first kappa shape index (κ1) is 7.55. The molecule has 0 amide bonds. The molecule has 0 bridgehead atoms. The van der Waals surface area contributed by atoms with E-state index in [9.17, 15) is 0 Å². The molecule has 3 heteroatoms. The topological polar surface area (TPSA) is 64.9 Å². The molecule has 1 aliphatic rings. The van der Waals surface area contributed by atoms with E-state index >= 15 is 0 Å². The van der Waals surface area contributed by atoms with Gasteiger partial charge in [-0.3, -0.25) is 0 Å². The summed E-state index contributed by atoms with van der Waals surface area (Å²) in [5, 5.41) is 0. The van der Waals surface area contributed by atoms with Crippen molar-refractivity contribution in [2.45, 2.75) is 25.3 Å². The van der Waals surface area contributed by atoms with Gasteiger partial charge in [0.2, 0.25) is 0 Å². The van der Waals surface area contributed by atoms with Crippen molar-refractivity contribution in [1.29, 1.82) is 0 Å². The molecule has 4 N–H and O–H groups in total. The molecule has 2 rings (SSSR count). The Kier molecular flexibility index (Phi) is 1.73. The molecule has 0 aliphatic heterocycles. The molecule has 0 saturated heterocycles. The van der Waals surface area contributed by atoms with Crippen LogP contribution >= 0.6 is 0 Å². The van der Waals surface area contributed by atoms with Gasteiger partial charge in [0.05, 0.1) is 5.69 Å². The fraction of sp³-hybridized carbons (Fsp3) is 0.444. The van der Waals surface area contributed by atoms with Gasteiger partial charge in [-0.15, -0.1) is 0 Å². The number of nitrogens with zero attached hydrogens (tertiary/aromatic N) is 1. The summed E-state index contributed by atoms with van der Waals surface area (Å²) in [6, 6.07) is 3.80. The van der Waals surface area contributed by atoms with Gasteiger partial charge in [-0.25, -0.2) is 4.98 Å². The van der Waals surface area contributed by atoms with Crippen LogP contribution in [0.25, 0.3) is 0 Å². The molecule has 1 saturated carbocycles. The highest BCUT2D eigenvalue weighted by molar-refractivity contribution is 5.37. The predicted molar refractivity (Wildman–Crippen MR) is 48.5 cm³/mol. The Morgan fingerprint density at radius 3 is 2.75 bits per heavy atom. The molecule has 12 heavy (non-hydrogen) atoms. The highest BCUT2D eigenvalue weighted by Crippen LogP contribution is 2.40. The number of nitrogens with two attached hydrogens (primary N) is 2. The van der Waals surface area contributed by atoms with Crippen LogP contribution in [0.4, 0.5) is 5.82 Å². The number of nitrogen functional groups attached to an aromatic ring is 1. The zero-order valence-electron chi connectivity index (χ0n) is 6.96. The number of aromatic nitrogens is 1. The average molecular weight is 163 g/mol. The summed E-state index contributed by atoms with van der Waals surface area (Å²) in [7, 11) is 0. The second-order valence-corrected chi connectivity index (χ2v) is 3.26. The van der Waals surface area contributed by atoms with Crippen LogP contribution in [0.3, 0.4) is 0 Å². The third-order valence-corrected chi connectivity index (χ3v) is 2.22. The molecule has 1 aliphatic carbocycles. The Morgan fingerprint density at radius 2 is 2.17 bits per heavy atom. The molecule has 0 radical (unpaired) electrons. The first-order valence-corrected chi connectivity index (χ1v) is 4.26. The van der Waals surface area contributed by atoms with Gasteiger partial charge in [0.1, 0.15) is 5.82 Å². The maximum absolute atomic E-state index is 5.60. The molecular weight excluding hydrogens is 150 g/mol. The molecule has 1 heterocycles. The van der Waals surface area contributed by atoms with Crippen LogP contribution in [0.1, 0.15) is 30.0 Å². The van der Waals surface area contributed by atoms with Gasteiger partial charge in [0, 0.05) is 12.5 Å². The number of hydrogen-bond acceptors (Lipinski definition) is 3. The maximum Gasteiger partial charge on any atom is 0.123 e. The normalized spacial score (nSPS) is 16.4. The van der Waals surface area contributed by atoms with Gasteiger partial charge in [0.15, 0.2) is 0 Å². The standard InChI is InChI=1S/C9H13N3/c10-5-7-3-4-8(11)12-9(7)6-1-2-6/h3-4,6H,1-2,5,10H2,(H2,11,12). The summed E-state index contributed by atoms with van der Waals surface area (Å²) >= 11 is 0. The van der Waals surface area contributed by atoms with Gasteiger partial charge in [-0.2, -0.15) is 0 Å². The van der Waals surface area contributed by atoms with Crippen molar-refractivity contribution in [3.8, 4) is 0 Å². The van der Waals surface area contributed by atoms with E-state index in [-0.39, 0.29) is 0 Å².